The standard InChI is InChI=1S/C19H32N4O3/c1-4-11-22(12-5-2)19(25)17-21-16(15-9-6-7-13-23(15)17)18(24)20-10-8-14-26-3/h4-14H2,1-3H3,(H,20,24). The first-order valence-corrected chi connectivity index (χ1v) is 9.79. The van der Waals surface area contributed by atoms with Crippen molar-refractivity contribution in [3.8, 4) is 0 Å². The molecular weight excluding hydrogens is 332 g/mol. The van der Waals surface area contributed by atoms with Crippen LogP contribution >= 0.6 is 0 Å². The van der Waals surface area contributed by atoms with Crippen molar-refractivity contribution in [2.45, 2.75) is 58.9 Å². The molecule has 0 spiro atoms. The Morgan fingerprint density at radius 3 is 2.62 bits per heavy atom. The van der Waals surface area contributed by atoms with Gasteiger partial charge in [-0.1, -0.05) is 13.8 Å². The first-order valence-electron chi connectivity index (χ1n) is 9.79. The molecule has 1 aromatic heterocycles. The fraction of sp³-hybridized carbons (Fsp3) is 0.737. The molecule has 0 unspecified atom stereocenters. The van der Waals surface area contributed by atoms with E-state index in [-0.39, 0.29) is 11.8 Å². The van der Waals surface area contributed by atoms with E-state index in [1.165, 1.54) is 0 Å². The number of carbonyl (C=O) groups excluding carboxylic acids is 2. The zero-order chi connectivity index (χ0) is 18.9. The summed E-state index contributed by atoms with van der Waals surface area (Å²) in [7, 11) is 1.64. The van der Waals surface area contributed by atoms with Crippen LogP contribution in [0.3, 0.4) is 0 Å². The molecule has 1 aliphatic rings. The first kappa shape index (κ1) is 20.4. The largest absolute Gasteiger partial charge is 0.385 e. The number of aromatic nitrogens is 2. The Morgan fingerprint density at radius 1 is 1.23 bits per heavy atom. The molecular formula is C19H32N4O3. The van der Waals surface area contributed by atoms with Gasteiger partial charge >= 0.3 is 0 Å². The molecule has 0 aliphatic carbocycles. The maximum Gasteiger partial charge on any atom is 0.289 e. The summed E-state index contributed by atoms with van der Waals surface area (Å²) in [5.41, 5.74) is 1.32. The fourth-order valence-electron chi connectivity index (χ4n) is 3.39. The number of carbonyl (C=O) groups is 2. The molecule has 2 amide bonds. The predicted molar refractivity (Wildman–Crippen MR) is 100 cm³/mol. The van der Waals surface area contributed by atoms with E-state index in [1.54, 1.807) is 7.11 Å². The highest BCUT2D eigenvalue weighted by Gasteiger charge is 2.29. The molecule has 7 nitrogen and oxygen atoms in total. The molecule has 7 heteroatoms. The molecule has 0 radical (unpaired) electrons. The second-order valence-corrected chi connectivity index (χ2v) is 6.73. The van der Waals surface area contributed by atoms with E-state index in [2.05, 4.69) is 24.1 Å². The Morgan fingerprint density at radius 2 is 1.96 bits per heavy atom. The molecule has 1 aliphatic heterocycles. The minimum absolute atomic E-state index is 0.0599. The summed E-state index contributed by atoms with van der Waals surface area (Å²) >= 11 is 0. The molecule has 2 rings (SSSR count). The summed E-state index contributed by atoms with van der Waals surface area (Å²) in [6.45, 7) is 7.47. The molecule has 146 valence electrons. The lowest BCUT2D eigenvalue weighted by Gasteiger charge is -2.23. The number of fused-ring (bicyclic) bond motifs is 1. The van der Waals surface area contributed by atoms with Gasteiger partial charge in [-0.25, -0.2) is 4.98 Å². The van der Waals surface area contributed by atoms with Crippen molar-refractivity contribution < 1.29 is 14.3 Å². The second kappa shape index (κ2) is 10.3. The lowest BCUT2D eigenvalue weighted by Crippen LogP contribution is -2.35. The predicted octanol–water partition coefficient (Wildman–Crippen LogP) is 2.25. The van der Waals surface area contributed by atoms with Crippen LogP contribution in [0.2, 0.25) is 0 Å². The van der Waals surface area contributed by atoms with E-state index in [0.29, 0.717) is 37.8 Å². The average Bonchev–Trinajstić information content (AvgIpc) is 3.04. The molecule has 0 fully saturated rings. The van der Waals surface area contributed by atoms with Gasteiger partial charge in [0.15, 0.2) is 5.82 Å². The summed E-state index contributed by atoms with van der Waals surface area (Å²) in [6.07, 6.45) is 5.41. The summed E-state index contributed by atoms with van der Waals surface area (Å²) in [5.74, 6) is 0.169. The third-order valence-corrected chi connectivity index (χ3v) is 4.61. The molecule has 26 heavy (non-hydrogen) atoms. The van der Waals surface area contributed by atoms with Gasteiger partial charge in [-0.2, -0.15) is 0 Å². The van der Waals surface area contributed by atoms with Crippen LogP contribution in [-0.4, -0.2) is 59.6 Å². The van der Waals surface area contributed by atoms with E-state index in [0.717, 1.165) is 50.8 Å². The molecule has 1 aromatic rings. The highest BCUT2D eigenvalue weighted by atomic mass is 16.5. The van der Waals surface area contributed by atoms with Crippen LogP contribution in [0.1, 0.15) is 72.8 Å². The van der Waals surface area contributed by atoms with Gasteiger partial charge in [0.25, 0.3) is 11.8 Å². The maximum atomic E-state index is 13.0. The van der Waals surface area contributed by atoms with Gasteiger partial charge in [-0.15, -0.1) is 0 Å². The van der Waals surface area contributed by atoms with E-state index in [4.69, 9.17) is 4.74 Å². The normalized spacial score (nSPS) is 13.3. The number of hydrogen-bond donors (Lipinski definition) is 1. The third kappa shape index (κ3) is 4.84. The van der Waals surface area contributed by atoms with Crippen LogP contribution in [0.15, 0.2) is 0 Å². The highest BCUT2D eigenvalue weighted by molar-refractivity contribution is 5.97. The zero-order valence-corrected chi connectivity index (χ0v) is 16.3. The lowest BCUT2D eigenvalue weighted by atomic mass is 10.1. The number of nitrogens with one attached hydrogen (secondary N) is 1. The van der Waals surface area contributed by atoms with Gasteiger partial charge < -0.3 is 19.5 Å². The summed E-state index contributed by atoms with van der Waals surface area (Å²) in [6, 6.07) is 0. The average molecular weight is 364 g/mol. The Labute approximate surface area is 156 Å². The zero-order valence-electron chi connectivity index (χ0n) is 16.3. The number of rotatable bonds is 10. The number of ether oxygens (including phenoxy) is 1. The maximum absolute atomic E-state index is 13.0. The fourth-order valence-corrected chi connectivity index (χ4v) is 3.39. The number of amides is 2. The summed E-state index contributed by atoms with van der Waals surface area (Å²) < 4.78 is 6.97. The number of imidazole rings is 1. The molecule has 0 saturated heterocycles. The monoisotopic (exact) mass is 364 g/mol. The Bertz CT molecular complexity index is 606. The smallest absolute Gasteiger partial charge is 0.289 e. The molecule has 0 bridgehead atoms. The van der Waals surface area contributed by atoms with E-state index in [9.17, 15) is 9.59 Å². The van der Waals surface area contributed by atoms with Crippen molar-refractivity contribution in [3.05, 3.63) is 17.2 Å². The van der Waals surface area contributed by atoms with Crippen LogP contribution in [0.5, 0.6) is 0 Å². The van der Waals surface area contributed by atoms with Crippen molar-refractivity contribution in [2.24, 2.45) is 0 Å². The second-order valence-electron chi connectivity index (χ2n) is 6.73. The van der Waals surface area contributed by atoms with E-state index < -0.39 is 0 Å². The lowest BCUT2D eigenvalue weighted by molar-refractivity contribution is 0.0737. The SMILES string of the molecule is CCCN(CCC)C(=O)c1nc(C(=O)NCCCOC)c2n1CCCC2. The number of hydrogen-bond acceptors (Lipinski definition) is 4. The Balaban J connectivity index is 2.23. The van der Waals surface area contributed by atoms with Crippen LogP contribution in [0, 0.1) is 0 Å². The van der Waals surface area contributed by atoms with Crippen LogP contribution in [0.4, 0.5) is 0 Å². The number of methoxy groups -OCH3 is 1. The van der Waals surface area contributed by atoms with Crippen LogP contribution < -0.4 is 5.32 Å². The molecule has 1 N–H and O–H groups in total. The van der Waals surface area contributed by atoms with Gasteiger partial charge in [0.1, 0.15) is 5.69 Å². The molecule has 0 aromatic carbocycles. The van der Waals surface area contributed by atoms with Crippen molar-refractivity contribution >= 4 is 11.8 Å². The minimum Gasteiger partial charge on any atom is -0.385 e. The van der Waals surface area contributed by atoms with Crippen molar-refractivity contribution in [3.63, 3.8) is 0 Å². The quantitative estimate of drug-likeness (QED) is 0.646. The Kier molecular flexibility index (Phi) is 8.09. The number of nitrogens with zero attached hydrogens (tertiary/aromatic N) is 3. The van der Waals surface area contributed by atoms with Gasteiger partial charge in [-0.3, -0.25) is 9.59 Å². The molecule has 2 heterocycles. The minimum atomic E-state index is -0.191. The van der Waals surface area contributed by atoms with Gasteiger partial charge in [0, 0.05) is 39.9 Å². The summed E-state index contributed by atoms with van der Waals surface area (Å²) in [5, 5.41) is 2.90. The first-order chi connectivity index (χ1) is 12.6. The van der Waals surface area contributed by atoms with Gasteiger partial charge in [-0.05, 0) is 38.5 Å². The van der Waals surface area contributed by atoms with E-state index >= 15 is 0 Å². The van der Waals surface area contributed by atoms with Gasteiger partial charge in [0.05, 0.1) is 5.69 Å². The van der Waals surface area contributed by atoms with Crippen LogP contribution in [0.25, 0.3) is 0 Å². The third-order valence-electron chi connectivity index (χ3n) is 4.61. The Hall–Kier alpha value is -1.89. The topological polar surface area (TPSA) is 76.5 Å². The van der Waals surface area contributed by atoms with Crippen LogP contribution in [-0.2, 0) is 17.7 Å². The van der Waals surface area contributed by atoms with Crippen molar-refractivity contribution in [2.75, 3.05) is 33.4 Å². The van der Waals surface area contributed by atoms with Crippen molar-refractivity contribution in [1.29, 1.82) is 0 Å². The van der Waals surface area contributed by atoms with Gasteiger partial charge in [0.2, 0.25) is 0 Å². The van der Waals surface area contributed by atoms with E-state index in [1.807, 2.05) is 9.47 Å². The highest BCUT2D eigenvalue weighted by Crippen LogP contribution is 2.22. The summed E-state index contributed by atoms with van der Waals surface area (Å²) in [4.78, 5) is 32.0. The van der Waals surface area contributed by atoms with Crippen molar-refractivity contribution in [1.82, 2.24) is 19.8 Å². The molecule has 0 atom stereocenters. The molecule has 0 saturated carbocycles.